The molecule has 232 valence electrons. The maximum Gasteiger partial charge on any atom is 0.253 e. The maximum absolute atomic E-state index is 14.0. The van der Waals surface area contributed by atoms with Crippen LogP contribution >= 0.6 is 11.3 Å². The first-order valence-electron chi connectivity index (χ1n) is 14.7. The summed E-state index contributed by atoms with van der Waals surface area (Å²) >= 11 is 1.38. The van der Waals surface area contributed by atoms with E-state index < -0.39 is 29.7 Å². The average molecular weight is 621 g/mol. The molecular formula is C34H38F2N4O3S. The summed E-state index contributed by atoms with van der Waals surface area (Å²) in [5, 5.41) is 19.8. The van der Waals surface area contributed by atoms with E-state index in [0.29, 0.717) is 29.2 Å². The Bertz CT molecular complexity index is 1540. The lowest BCUT2D eigenvalue weighted by Crippen LogP contribution is -2.48. The van der Waals surface area contributed by atoms with Crippen molar-refractivity contribution in [3.63, 3.8) is 0 Å². The molecule has 7 nitrogen and oxygen atoms in total. The van der Waals surface area contributed by atoms with Crippen LogP contribution in [0.4, 0.5) is 8.78 Å². The van der Waals surface area contributed by atoms with E-state index >= 15 is 0 Å². The molecule has 4 rings (SSSR count). The van der Waals surface area contributed by atoms with E-state index in [4.69, 9.17) is 0 Å². The lowest BCUT2D eigenvalue weighted by atomic mass is 9.99. The van der Waals surface area contributed by atoms with Gasteiger partial charge in [-0.3, -0.25) is 9.59 Å². The van der Waals surface area contributed by atoms with Gasteiger partial charge in [0.05, 0.1) is 12.1 Å². The van der Waals surface area contributed by atoms with Crippen LogP contribution in [-0.4, -0.2) is 59.1 Å². The summed E-state index contributed by atoms with van der Waals surface area (Å²) in [7, 11) is 1.71. The quantitative estimate of drug-likeness (QED) is 0.170. The van der Waals surface area contributed by atoms with Gasteiger partial charge in [0.15, 0.2) is 0 Å². The standard InChI is InChI=1S/C34H38F2N4O3S/c1-4-10-40(3)34(43)27-17-25(16-26(18-27)33-38-9-11-44-33)32(42)39-30(15-24-13-28(35)19-29(36)14-24)31(41)21-37-20-23-8-6-7-22(5-2)12-23/h6-9,11-14,16-19,30-31,37,41H,4-5,10,15,20-21H2,1-3H3,(H,39,42)/t30-,31+/m0/s1. The Hall–Kier alpha value is -3.99. The Balaban J connectivity index is 1.59. The van der Waals surface area contributed by atoms with Crippen LogP contribution in [0.1, 0.15) is 57.7 Å². The monoisotopic (exact) mass is 620 g/mol. The van der Waals surface area contributed by atoms with Crippen molar-refractivity contribution in [3.05, 3.63) is 112 Å². The number of aliphatic hydroxyl groups is 1. The van der Waals surface area contributed by atoms with Crippen LogP contribution in [-0.2, 0) is 19.4 Å². The van der Waals surface area contributed by atoms with Crippen molar-refractivity contribution in [1.29, 1.82) is 0 Å². The van der Waals surface area contributed by atoms with Gasteiger partial charge in [-0.2, -0.15) is 0 Å². The number of hydrogen-bond donors (Lipinski definition) is 3. The number of benzene rings is 3. The highest BCUT2D eigenvalue weighted by atomic mass is 32.1. The molecule has 3 N–H and O–H groups in total. The SMILES string of the molecule is CCCN(C)C(=O)c1cc(C(=O)N[C@@H](Cc2cc(F)cc(F)c2)[C@H](O)CNCc2cccc(CC)c2)cc(-c2nccs2)c1. The number of carbonyl (C=O) groups excluding carboxylic acids is 2. The lowest BCUT2D eigenvalue weighted by Gasteiger charge is -2.25. The van der Waals surface area contributed by atoms with E-state index in [1.807, 2.05) is 30.5 Å². The van der Waals surface area contributed by atoms with Crippen LogP contribution in [0.25, 0.3) is 10.6 Å². The molecule has 0 unspecified atom stereocenters. The van der Waals surface area contributed by atoms with Gasteiger partial charge in [0, 0.05) is 61.0 Å². The molecule has 0 radical (unpaired) electrons. The van der Waals surface area contributed by atoms with Gasteiger partial charge in [-0.1, -0.05) is 38.1 Å². The number of thiazole rings is 1. The van der Waals surface area contributed by atoms with Crippen LogP contribution < -0.4 is 10.6 Å². The summed E-state index contributed by atoms with van der Waals surface area (Å²) in [6.45, 7) is 5.21. The van der Waals surface area contributed by atoms with Gasteiger partial charge >= 0.3 is 0 Å². The van der Waals surface area contributed by atoms with Gasteiger partial charge in [-0.05, 0) is 66.3 Å². The number of nitrogens with zero attached hydrogens (tertiary/aromatic N) is 2. The van der Waals surface area contributed by atoms with E-state index in [1.165, 1.54) is 35.1 Å². The molecule has 3 aromatic carbocycles. The largest absolute Gasteiger partial charge is 0.390 e. The molecule has 2 amide bonds. The van der Waals surface area contributed by atoms with Crippen LogP contribution in [0, 0.1) is 11.6 Å². The van der Waals surface area contributed by atoms with Crippen LogP contribution in [0.15, 0.2) is 72.2 Å². The molecule has 4 aromatic rings. The highest BCUT2D eigenvalue weighted by molar-refractivity contribution is 7.13. The first-order valence-corrected chi connectivity index (χ1v) is 15.6. The Morgan fingerprint density at radius 2 is 1.70 bits per heavy atom. The van der Waals surface area contributed by atoms with E-state index in [2.05, 4.69) is 28.6 Å². The molecule has 0 aliphatic heterocycles. The van der Waals surface area contributed by atoms with Crippen LogP contribution in [0.3, 0.4) is 0 Å². The number of aromatic nitrogens is 1. The summed E-state index contributed by atoms with van der Waals surface area (Å²) in [4.78, 5) is 32.8. The zero-order valence-electron chi connectivity index (χ0n) is 25.1. The molecule has 1 heterocycles. The molecule has 44 heavy (non-hydrogen) atoms. The van der Waals surface area contributed by atoms with Crippen molar-refractivity contribution in [3.8, 4) is 10.6 Å². The molecular weight excluding hydrogens is 582 g/mol. The molecule has 0 spiro atoms. The van der Waals surface area contributed by atoms with Crippen molar-refractivity contribution in [2.24, 2.45) is 0 Å². The molecule has 2 atom stereocenters. The highest BCUT2D eigenvalue weighted by Crippen LogP contribution is 2.25. The molecule has 0 bridgehead atoms. The van der Waals surface area contributed by atoms with Crippen LogP contribution in [0.2, 0.25) is 0 Å². The van der Waals surface area contributed by atoms with Crippen LogP contribution in [0.5, 0.6) is 0 Å². The fraction of sp³-hybridized carbons (Fsp3) is 0.324. The zero-order chi connectivity index (χ0) is 31.6. The molecule has 0 saturated carbocycles. The Morgan fingerprint density at radius 1 is 0.977 bits per heavy atom. The number of hydrogen-bond acceptors (Lipinski definition) is 6. The first-order chi connectivity index (χ1) is 21.2. The van der Waals surface area contributed by atoms with Crippen molar-refractivity contribution >= 4 is 23.2 Å². The van der Waals surface area contributed by atoms with Gasteiger partial charge in [0.25, 0.3) is 11.8 Å². The minimum Gasteiger partial charge on any atom is -0.390 e. The third kappa shape index (κ3) is 9.01. The summed E-state index contributed by atoms with van der Waals surface area (Å²) in [6, 6.07) is 15.2. The second kappa shape index (κ2) is 15.7. The number of carbonyl (C=O) groups is 2. The van der Waals surface area contributed by atoms with E-state index in [0.717, 1.165) is 24.5 Å². The number of aryl methyl sites for hydroxylation is 1. The Labute approximate surface area is 261 Å². The van der Waals surface area contributed by atoms with Crippen molar-refractivity contribution in [2.75, 3.05) is 20.1 Å². The number of aliphatic hydroxyl groups excluding tert-OH is 1. The predicted molar refractivity (Wildman–Crippen MR) is 170 cm³/mol. The second-order valence-corrected chi connectivity index (χ2v) is 11.7. The van der Waals surface area contributed by atoms with Crippen molar-refractivity contribution in [2.45, 2.75) is 51.8 Å². The molecule has 0 fully saturated rings. The fourth-order valence-electron chi connectivity index (χ4n) is 5.01. The van der Waals surface area contributed by atoms with E-state index in [1.54, 1.807) is 30.3 Å². The third-order valence-electron chi connectivity index (χ3n) is 7.27. The van der Waals surface area contributed by atoms with Crippen molar-refractivity contribution in [1.82, 2.24) is 20.5 Å². The van der Waals surface area contributed by atoms with Crippen molar-refractivity contribution < 1.29 is 23.5 Å². The van der Waals surface area contributed by atoms with Gasteiger partial charge in [-0.25, -0.2) is 13.8 Å². The molecule has 0 saturated heterocycles. The topological polar surface area (TPSA) is 94.6 Å². The highest BCUT2D eigenvalue weighted by Gasteiger charge is 2.25. The smallest absolute Gasteiger partial charge is 0.253 e. The van der Waals surface area contributed by atoms with E-state index in [-0.39, 0.29) is 30.0 Å². The summed E-state index contributed by atoms with van der Waals surface area (Å²) in [6.07, 6.45) is 2.21. The number of rotatable bonds is 14. The van der Waals surface area contributed by atoms with Gasteiger partial charge in [0.1, 0.15) is 16.6 Å². The number of nitrogens with one attached hydrogen (secondary N) is 2. The van der Waals surface area contributed by atoms with E-state index in [9.17, 15) is 23.5 Å². The minimum absolute atomic E-state index is 0.0220. The number of halogens is 2. The molecule has 10 heteroatoms. The normalized spacial score (nSPS) is 12.5. The summed E-state index contributed by atoms with van der Waals surface area (Å²) < 4.78 is 28.1. The number of amides is 2. The third-order valence-corrected chi connectivity index (χ3v) is 8.09. The molecule has 0 aliphatic carbocycles. The average Bonchev–Trinajstić information content (AvgIpc) is 3.55. The zero-order valence-corrected chi connectivity index (χ0v) is 26.0. The predicted octanol–water partition coefficient (Wildman–Crippen LogP) is 5.62. The Kier molecular flexibility index (Phi) is 11.7. The summed E-state index contributed by atoms with van der Waals surface area (Å²) in [5.41, 5.74) is 3.68. The minimum atomic E-state index is -1.10. The maximum atomic E-state index is 14.0. The first kappa shape index (κ1) is 32.9. The Morgan fingerprint density at radius 3 is 2.39 bits per heavy atom. The summed E-state index contributed by atoms with van der Waals surface area (Å²) in [5.74, 6) is -2.26. The van der Waals surface area contributed by atoms with Gasteiger partial charge in [0.2, 0.25) is 0 Å². The molecule has 1 aromatic heterocycles. The van der Waals surface area contributed by atoms with Gasteiger partial charge in [-0.15, -0.1) is 11.3 Å². The fourth-order valence-corrected chi connectivity index (χ4v) is 5.64. The lowest BCUT2D eigenvalue weighted by molar-refractivity contribution is 0.0795. The molecule has 0 aliphatic rings. The second-order valence-electron chi connectivity index (χ2n) is 10.8. The van der Waals surface area contributed by atoms with Gasteiger partial charge < -0.3 is 20.6 Å².